The molecule has 1 fully saturated rings. The van der Waals surface area contributed by atoms with Crippen LogP contribution in [-0.4, -0.2) is 44.0 Å². The van der Waals surface area contributed by atoms with Crippen LogP contribution in [0.2, 0.25) is 0 Å². The quantitative estimate of drug-likeness (QED) is 0.785. The molecule has 1 amide bonds. The van der Waals surface area contributed by atoms with Gasteiger partial charge >= 0.3 is 0 Å². The van der Waals surface area contributed by atoms with E-state index in [1.54, 1.807) is 14.0 Å². The fourth-order valence-electron chi connectivity index (χ4n) is 2.14. The average molecular weight is 273 g/mol. The van der Waals surface area contributed by atoms with Gasteiger partial charge in [-0.1, -0.05) is 6.92 Å². The zero-order valence-electron chi connectivity index (χ0n) is 10.7. The maximum absolute atomic E-state index is 12.2. The van der Waals surface area contributed by atoms with E-state index in [2.05, 4.69) is 5.32 Å². The molecule has 1 rings (SSSR count). The van der Waals surface area contributed by atoms with Crippen molar-refractivity contribution in [2.45, 2.75) is 31.4 Å². The molecule has 7 heteroatoms. The molecule has 102 valence electrons. The summed E-state index contributed by atoms with van der Waals surface area (Å²) in [4.78, 5) is 11.6. The highest BCUT2D eigenvalue weighted by Gasteiger charge is 2.36. The van der Waals surface area contributed by atoms with Crippen LogP contribution in [-0.2, 0) is 14.8 Å². The lowest BCUT2D eigenvalue weighted by molar-refractivity contribution is -0.125. The van der Waals surface area contributed by atoms with Crippen molar-refractivity contribution in [1.82, 2.24) is 9.62 Å². The molecule has 0 spiro atoms. The van der Waals surface area contributed by atoms with Crippen molar-refractivity contribution in [1.29, 1.82) is 5.26 Å². The summed E-state index contributed by atoms with van der Waals surface area (Å²) in [7, 11) is -2.07. The molecular formula is C11H19N3O3S. The van der Waals surface area contributed by atoms with Crippen molar-refractivity contribution >= 4 is 15.9 Å². The molecule has 2 unspecified atom stereocenters. The first-order chi connectivity index (χ1) is 8.47. The van der Waals surface area contributed by atoms with Crippen molar-refractivity contribution in [2.24, 2.45) is 5.92 Å². The van der Waals surface area contributed by atoms with E-state index in [4.69, 9.17) is 5.26 Å². The zero-order chi connectivity index (χ0) is 13.8. The first kappa shape index (κ1) is 14.9. The molecule has 6 nitrogen and oxygen atoms in total. The Morgan fingerprint density at radius 3 is 2.78 bits per heavy atom. The molecule has 1 heterocycles. The van der Waals surface area contributed by atoms with E-state index in [0.29, 0.717) is 19.4 Å². The number of amides is 1. The number of nitrogens with one attached hydrogen (secondary N) is 1. The minimum Gasteiger partial charge on any atom is -0.359 e. The number of carbonyl (C=O) groups excluding carboxylic acids is 1. The van der Waals surface area contributed by atoms with E-state index in [9.17, 15) is 13.2 Å². The van der Waals surface area contributed by atoms with E-state index in [1.165, 1.54) is 4.31 Å². The second kappa shape index (κ2) is 6.16. The number of nitriles is 1. The van der Waals surface area contributed by atoms with Gasteiger partial charge in [-0.2, -0.15) is 9.57 Å². The standard InChI is InChI=1S/C11H19N3O3S/c1-3-10(7-12)18(16,17)14-6-4-5-9(8-14)11(15)13-2/h9-10H,3-6,8H2,1-2H3,(H,13,15). The van der Waals surface area contributed by atoms with Crippen LogP contribution in [0.3, 0.4) is 0 Å². The molecule has 0 radical (unpaired) electrons. The van der Waals surface area contributed by atoms with Gasteiger partial charge in [-0.15, -0.1) is 0 Å². The molecule has 0 aromatic heterocycles. The van der Waals surface area contributed by atoms with Crippen molar-refractivity contribution in [2.75, 3.05) is 20.1 Å². The van der Waals surface area contributed by atoms with Crippen molar-refractivity contribution in [3.63, 3.8) is 0 Å². The van der Waals surface area contributed by atoms with Gasteiger partial charge in [-0.05, 0) is 19.3 Å². The smallest absolute Gasteiger partial charge is 0.230 e. The summed E-state index contributed by atoms with van der Waals surface area (Å²) in [5, 5.41) is 10.4. The first-order valence-corrected chi connectivity index (χ1v) is 7.57. The van der Waals surface area contributed by atoms with Gasteiger partial charge in [0.25, 0.3) is 0 Å². The Kier molecular flexibility index (Phi) is 5.11. The molecule has 2 atom stereocenters. The summed E-state index contributed by atoms with van der Waals surface area (Å²) in [6.07, 6.45) is 1.61. The molecule has 1 aliphatic rings. The maximum Gasteiger partial charge on any atom is 0.230 e. The van der Waals surface area contributed by atoms with Crippen LogP contribution >= 0.6 is 0 Å². The van der Waals surface area contributed by atoms with Crippen LogP contribution in [0, 0.1) is 17.2 Å². The normalized spacial score (nSPS) is 23.1. The number of sulfonamides is 1. The van der Waals surface area contributed by atoms with Crippen molar-refractivity contribution in [3.8, 4) is 6.07 Å². The topological polar surface area (TPSA) is 90.3 Å². The number of rotatable bonds is 4. The number of hydrogen-bond donors (Lipinski definition) is 1. The third-order valence-electron chi connectivity index (χ3n) is 3.24. The summed E-state index contributed by atoms with van der Waals surface area (Å²) >= 11 is 0. The minimum absolute atomic E-state index is 0.139. The Labute approximate surface area is 108 Å². The van der Waals surface area contributed by atoms with Crippen LogP contribution in [0.4, 0.5) is 0 Å². The molecule has 18 heavy (non-hydrogen) atoms. The Morgan fingerprint density at radius 1 is 1.61 bits per heavy atom. The summed E-state index contributed by atoms with van der Waals surface area (Å²) in [6.45, 7) is 2.25. The third-order valence-corrected chi connectivity index (χ3v) is 5.44. The van der Waals surface area contributed by atoms with Gasteiger partial charge in [-0.25, -0.2) is 8.42 Å². The van der Waals surface area contributed by atoms with E-state index >= 15 is 0 Å². The van der Waals surface area contributed by atoms with Gasteiger partial charge in [0.1, 0.15) is 0 Å². The van der Waals surface area contributed by atoms with Gasteiger partial charge in [0.05, 0.1) is 12.0 Å². The lowest BCUT2D eigenvalue weighted by Gasteiger charge is -2.32. The fraction of sp³-hybridized carbons (Fsp3) is 0.818. The predicted molar refractivity (Wildman–Crippen MR) is 67.0 cm³/mol. The summed E-state index contributed by atoms with van der Waals surface area (Å²) in [6, 6.07) is 1.82. The molecule has 0 aromatic carbocycles. The number of hydrogen-bond acceptors (Lipinski definition) is 4. The minimum atomic E-state index is -3.61. The van der Waals surface area contributed by atoms with Crippen LogP contribution in [0.25, 0.3) is 0 Å². The number of carbonyl (C=O) groups is 1. The van der Waals surface area contributed by atoms with Gasteiger partial charge in [0.15, 0.2) is 5.25 Å². The molecule has 0 aliphatic carbocycles. The van der Waals surface area contributed by atoms with Crippen LogP contribution in [0.15, 0.2) is 0 Å². The Morgan fingerprint density at radius 2 is 2.28 bits per heavy atom. The maximum atomic E-state index is 12.2. The molecule has 1 aliphatic heterocycles. The monoisotopic (exact) mass is 273 g/mol. The highest BCUT2D eigenvalue weighted by Crippen LogP contribution is 2.22. The van der Waals surface area contributed by atoms with E-state index < -0.39 is 15.3 Å². The highest BCUT2D eigenvalue weighted by molar-refractivity contribution is 7.90. The number of nitrogens with zero attached hydrogens (tertiary/aromatic N) is 2. The molecule has 1 N–H and O–H groups in total. The summed E-state index contributed by atoms with van der Waals surface area (Å²) < 4.78 is 25.6. The zero-order valence-corrected chi connectivity index (χ0v) is 11.5. The lowest BCUT2D eigenvalue weighted by atomic mass is 9.99. The number of piperidine rings is 1. The highest BCUT2D eigenvalue weighted by atomic mass is 32.2. The van der Waals surface area contributed by atoms with Crippen LogP contribution < -0.4 is 5.32 Å². The van der Waals surface area contributed by atoms with Gasteiger partial charge in [-0.3, -0.25) is 4.79 Å². The van der Waals surface area contributed by atoms with E-state index in [-0.39, 0.29) is 24.8 Å². The lowest BCUT2D eigenvalue weighted by Crippen LogP contribution is -2.47. The second-order valence-electron chi connectivity index (χ2n) is 4.38. The van der Waals surface area contributed by atoms with Crippen molar-refractivity contribution < 1.29 is 13.2 Å². The van der Waals surface area contributed by atoms with Gasteiger partial charge in [0.2, 0.25) is 15.9 Å². The first-order valence-electron chi connectivity index (χ1n) is 6.07. The molecule has 0 saturated carbocycles. The van der Waals surface area contributed by atoms with E-state index in [0.717, 1.165) is 0 Å². The Hall–Kier alpha value is -1.13. The molecule has 0 bridgehead atoms. The third kappa shape index (κ3) is 3.00. The predicted octanol–water partition coefficient (Wildman–Crippen LogP) is 0.0764. The second-order valence-corrected chi connectivity index (χ2v) is 6.50. The molecular weight excluding hydrogens is 254 g/mol. The molecule has 0 aromatic rings. The van der Waals surface area contributed by atoms with E-state index in [1.807, 2.05) is 6.07 Å². The summed E-state index contributed by atoms with van der Waals surface area (Å²) in [5.74, 6) is -0.449. The SMILES string of the molecule is CCC(C#N)S(=O)(=O)N1CCCC(C(=O)NC)C1. The Bertz CT molecular complexity index is 441. The van der Waals surface area contributed by atoms with Crippen LogP contribution in [0.1, 0.15) is 26.2 Å². The van der Waals surface area contributed by atoms with Crippen LogP contribution in [0.5, 0.6) is 0 Å². The molecule has 1 saturated heterocycles. The van der Waals surface area contributed by atoms with Crippen molar-refractivity contribution in [3.05, 3.63) is 0 Å². The van der Waals surface area contributed by atoms with Gasteiger partial charge in [0, 0.05) is 20.1 Å². The Balaban J connectivity index is 2.84. The fourth-order valence-corrected chi connectivity index (χ4v) is 3.83. The van der Waals surface area contributed by atoms with Gasteiger partial charge < -0.3 is 5.32 Å². The summed E-state index contributed by atoms with van der Waals surface area (Å²) in [5.41, 5.74) is 0. The average Bonchev–Trinajstić information content (AvgIpc) is 2.39. The largest absolute Gasteiger partial charge is 0.359 e.